The van der Waals surface area contributed by atoms with E-state index in [1.54, 1.807) is 0 Å². The molecule has 0 spiro atoms. The Labute approximate surface area is 212 Å². The van der Waals surface area contributed by atoms with Gasteiger partial charge in [0.2, 0.25) is 0 Å². The number of ether oxygens (including phenoxy) is 2. The number of likely N-dealkylation sites (tertiary alicyclic amines) is 1. The van der Waals surface area contributed by atoms with Crippen molar-refractivity contribution in [3.8, 4) is 0 Å². The van der Waals surface area contributed by atoms with Gasteiger partial charge in [-0.05, 0) is 65.6 Å². The molecule has 1 aromatic carbocycles. The second kappa shape index (κ2) is 14.4. The first kappa shape index (κ1) is 27.3. The molecule has 6 nitrogen and oxygen atoms in total. The third-order valence-electron chi connectivity index (χ3n) is 6.37. The second-order valence-electron chi connectivity index (χ2n) is 9.09. The lowest BCUT2D eigenvalue weighted by Crippen LogP contribution is -2.47. The maximum absolute atomic E-state index is 6.19. The summed E-state index contributed by atoms with van der Waals surface area (Å²) in [5, 5.41) is 3.50. The van der Waals surface area contributed by atoms with Gasteiger partial charge in [-0.25, -0.2) is 0 Å². The first-order chi connectivity index (χ1) is 15.1. The van der Waals surface area contributed by atoms with Crippen LogP contribution in [0.25, 0.3) is 0 Å². The Bertz CT molecular complexity index is 669. The van der Waals surface area contributed by atoms with E-state index in [0.717, 1.165) is 64.6 Å². The normalized spacial score (nSPS) is 21.3. The molecule has 0 saturated carbocycles. The number of nitrogens with zero attached hydrogens (tertiary/aromatic N) is 3. The Morgan fingerprint density at radius 2 is 1.91 bits per heavy atom. The van der Waals surface area contributed by atoms with Gasteiger partial charge in [-0.1, -0.05) is 29.8 Å². The van der Waals surface area contributed by atoms with Gasteiger partial charge in [-0.3, -0.25) is 4.99 Å². The molecule has 32 heavy (non-hydrogen) atoms. The molecule has 2 fully saturated rings. The molecule has 2 unspecified atom stereocenters. The van der Waals surface area contributed by atoms with Gasteiger partial charge >= 0.3 is 0 Å². The summed E-state index contributed by atoms with van der Waals surface area (Å²) < 4.78 is 12.0. The SMILES string of the molecule is CCNC(=NCC(c1ccc(C)cc1)N(C)C)N1CCC(OCC2CCCCO2)CC1.I. The summed E-state index contributed by atoms with van der Waals surface area (Å²) in [6, 6.07) is 9.08. The van der Waals surface area contributed by atoms with Gasteiger partial charge < -0.3 is 24.6 Å². The highest BCUT2D eigenvalue weighted by Crippen LogP contribution is 2.21. The number of aryl methyl sites for hydroxylation is 1. The van der Waals surface area contributed by atoms with Crippen LogP contribution in [0.3, 0.4) is 0 Å². The number of guanidine groups is 1. The molecule has 182 valence electrons. The van der Waals surface area contributed by atoms with Crippen LogP contribution in [0.4, 0.5) is 0 Å². The molecule has 0 amide bonds. The number of rotatable bonds is 8. The predicted octanol–water partition coefficient (Wildman–Crippen LogP) is 4.23. The van der Waals surface area contributed by atoms with Crippen LogP contribution < -0.4 is 5.32 Å². The van der Waals surface area contributed by atoms with Gasteiger partial charge in [0, 0.05) is 26.2 Å². The van der Waals surface area contributed by atoms with Crippen LogP contribution in [0.15, 0.2) is 29.3 Å². The Kier molecular flexibility index (Phi) is 12.3. The number of benzene rings is 1. The molecule has 0 bridgehead atoms. The molecule has 0 radical (unpaired) electrons. The van der Waals surface area contributed by atoms with Crippen LogP contribution in [-0.2, 0) is 9.47 Å². The molecular weight excluding hydrogens is 515 g/mol. The van der Waals surface area contributed by atoms with Crippen molar-refractivity contribution >= 4 is 29.9 Å². The van der Waals surface area contributed by atoms with Crippen molar-refractivity contribution in [2.45, 2.75) is 64.2 Å². The van der Waals surface area contributed by atoms with Crippen molar-refractivity contribution < 1.29 is 9.47 Å². The number of halogens is 1. The molecular formula is C25H43IN4O2. The van der Waals surface area contributed by atoms with Gasteiger partial charge in [0.25, 0.3) is 0 Å². The summed E-state index contributed by atoms with van der Waals surface area (Å²) in [6.45, 7) is 9.51. The predicted molar refractivity (Wildman–Crippen MR) is 143 cm³/mol. The minimum absolute atomic E-state index is 0. The Morgan fingerprint density at radius 3 is 2.50 bits per heavy atom. The lowest BCUT2D eigenvalue weighted by molar-refractivity contribution is -0.0721. The van der Waals surface area contributed by atoms with E-state index in [4.69, 9.17) is 14.5 Å². The molecule has 2 saturated heterocycles. The third kappa shape index (κ3) is 8.47. The van der Waals surface area contributed by atoms with Gasteiger partial charge in [0.05, 0.1) is 31.4 Å². The topological polar surface area (TPSA) is 49.3 Å². The summed E-state index contributed by atoms with van der Waals surface area (Å²) in [4.78, 5) is 9.68. The lowest BCUT2D eigenvalue weighted by Gasteiger charge is -2.35. The highest BCUT2D eigenvalue weighted by Gasteiger charge is 2.24. The fraction of sp³-hybridized carbons (Fsp3) is 0.720. The minimum Gasteiger partial charge on any atom is -0.376 e. The number of likely N-dealkylation sites (N-methyl/N-ethyl adjacent to an activating group) is 1. The van der Waals surface area contributed by atoms with E-state index in [0.29, 0.717) is 12.2 Å². The zero-order valence-electron chi connectivity index (χ0n) is 20.4. The standard InChI is InChI=1S/C25H42N4O2.HI/c1-5-26-25(27-18-24(28(3)4)21-11-9-20(2)10-12-21)29-15-13-22(14-16-29)31-19-23-8-6-7-17-30-23;/h9-12,22-24H,5-8,13-19H2,1-4H3,(H,26,27);1H. The lowest BCUT2D eigenvalue weighted by atomic mass is 10.0. The number of aliphatic imine (C=N–C) groups is 1. The molecule has 0 aliphatic carbocycles. The van der Waals surface area contributed by atoms with E-state index >= 15 is 0 Å². The molecule has 2 heterocycles. The zero-order valence-corrected chi connectivity index (χ0v) is 22.7. The molecule has 7 heteroatoms. The van der Waals surface area contributed by atoms with Crippen LogP contribution in [0.2, 0.25) is 0 Å². The number of piperidine rings is 1. The first-order valence-electron chi connectivity index (χ1n) is 12.1. The van der Waals surface area contributed by atoms with Crippen LogP contribution >= 0.6 is 24.0 Å². The molecule has 0 aromatic heterocycles. The monoisotopic (exact) mass is 558 g/mol. The smallest absolute Gasteiger partial charge is 0.193 e. The van der Waals surface area contributed by atoms with E-state index in [1.165, 1.54) is 24.0 Å². The maximum Gasteiger partial charge on any atom is 0.193 e. The van der Waals surface area contributed by atoms with Crippen LogP contribution in [0.5, 0.6) is 0 Å². The Hall–Kier alpha value is -0.900. The van der Waals surface area contributed by atoms with E-state index in [2.05, 4.69) is 67.3 Å². The maximum atomic E-state index is 6.19. The second-order valence-corrected chi connectivity index (χ2v) is 9.09. The van der Waals surface area contributed by atoms with Crippen LogP contribution in [0.1, 0.15) is 56.2 Å². The van der Waals surface area contributed by atoms with Gasteiger partial charge in [0.15, 0.2) is 5.96 Å². The molecule has 2 aliphatic rings. The highest BCUT2D eigenvalue weighted by molar-refractivity contribution is 14.0. The van der Waals surface area contributed by atoms with Gasteiger partial charge in [0.1, 0.15) is 0 Å². The van der Waals surface area contributed by atoms with E-state index in [-0.39, 0.29) is 30.0 Å². The number of hydrogen-bond donors (Lipinski definition) is 1. The van der Waals surface area contributed by atoms with E-state index in [1.807, 2.05) is 0 Å². The average Bonchev–Trinajstić information content (AvgIpc) is 2.79. The summed E-state index contributed by atoms with van der Waals surface area (Å²) in [5.74, 6) is 1.02. The van der Waals surface area contributed by atoms with E-state index < -0.39 is 0 Å². The zero-order chi connectivity index (χ0) is 22.1. The molecule has 2 atom stereocenters. The van der Waals surface area contributed by atoms with Crippen molar-refractivity contribution in [2.75, 3.05) is 53.5 Å². The van der Waals surface area contributed by atoms with Crippen molar-refractivity contribution in [1.29, 1.82) is 0 Å². The third-order valence-corrected chi connectivity index (χ3v) is 6.37. The van der Waals surface area contributed by atoms with Crippen molar-refractivity contribution in [3.63, 3.8) is 0 Å². The largest absolute Gasteiger partial charge is 0.376 e. The quantitative estimate of drug-likeness (QED) is 0.294. The molecule has 1 aromatic rings. The van der Waals surface area contributed by atoms with Crippen molar-refractivity contribution in [1.82, 2.24) is 15.1 Å². The van der Waals surface area contributed by atoms with Crippen LogP contribution in [-0.4, -0.2) is 81.5 Å². The summed E-state index contributed by atoms with van der Waals surface area (Å²) >= 11 is 0. The van der Waals surface area contributed by atoms with Gasteiger partial charge in [-0.2, -0.15) is 0 Å². The molecule has 1 N–H and O–H groups in total. The Balaban J connectivity index is 0.00000363. The minimum atomic E-state index is 0. The number of nitrogens with one attached hydrogen (secondary N) is 1. The first-order valence-corrected chi connectivity index (χ1v) is 12.1. The van der Waals surface area contributed by atoms with Gasteiger partial charge in [-0.15, -0.1) is 24.0 Å². The van der Waals surface area contributed by atoms with Crippen molar-refractivity contribution in [3.05, 3.63) is 35.4 Å². The van der Waals surface area contributed by atoms with Crippen LogP contribution in [0, 0.1) is 6.92 Å². The molecule has 2 aliphatic heterocycles. The summed E-state index contributed by atoms with van der Waals surface area (Å²) in [7, 11) is 4.26. The average molecular weight is 559 g/mol. The summed E-state index contributed by atoms with van der Waals surface area (Å²) in [5.41, 5.74) is 2.60. The fourth-order valence-electron chi connectivity index (χ4n) is 4.37. The fourth-order valence-corrected chi connectivity index (χ4v) is 4.37. The van der Waals surface area contributed by atoms with Crippen molar-refractivity contribution in [2.24, 2.45) is 4.99 Å². The van der Waals surface area contributed by atoms with E-state index in [9.17, 15) is 0 Å². The summed E-state index contributed by atoms with van der Waals surface area (Å²) in [6.07, 6.45) is 6.34. The Morgan fingerprint density at radius 1 is 1.19 bits per heavy atom. The number of hydrogen-bond acceptors (Lipinski definition) is 4. The highest BCUT2D eigenvalue weighted by atomic mass is 127. The molecule has 3 rings (SSSR count).